The maximum atomic E-state index is 13.2. The van der Waals surface area contributed by atoms with E-state index in [0.29, 0.717) is 25.7 Å². The molecule has 0 rings (SSSR count). The van der Waals surface area contributed by atoms with Gasteiger partial charge >= 0.3 is 39.5 Å². The minimum absolute atomic E-state index is 0.108. The third-order valence-corrected chi connectivity index (χ3v) is 24.7. The lowest BCUT2D eigenvalue weighted by Crippen LogP contribution is -2.30. The van der Waals surface area contributed by atoms with E-state index in [0.717, 1.165) is 102 Å². The van der Waals surface area contributed by atoms with Crippen molar-refractivity contribution in [1.82, 2.24) is 0 Å². The standard InChI is InChI=1S/C95H186O17P2/c1-7-10-12-14-16-18-20-22-24-26-28-30-32-34-36-40-44-48-52-59-65-71-77-92(97)105-83-90(111-94(99)79-73-67-61-53-49-45-41-37-35-33-31-29-27-25-23-21-19-17-15-13-11-8-2)85-109-113(101,102)107-81-89(96)82-108-114(103,104)110-86-91(84-106-93(98)78-72-66-60-56-55-58-64-70-76-88(6)9-3)112-95(100)80-74-68-62-54-50-46-42-38-39-43-47-51-57-63-69-75-87(4)5/h87-91,96H,7-86H2,1-6H3,(H,101,102)(H,103,104)/t88?,89-,90-,91-/m1/s1. The molecule has 0 aliphatic rings. The highest BCUT2D eigenvalue weighted by atomic mass is 31.2. The molecule has 3 N–H and O–H groups in total. The molecule has 19 heteroatoms. The van der Waals surface area contributed by atoms with Crippen molar-refractivity contribution in [3.8, 4) is 0 Å². The van der Waals surface area contributed by atoms with Crippen molar-refractivity contribution in [2.45, 2.75) is 535 Å². The Morgan fingerprint density at radius 3 is 0.667 bits per heavy atom. The Morgan fingerprint density at radius 1 is 0.254 bits per heavy atom. The highest BCUT2D eigenvalue weighted by Crippen LogP contribution is 2.45. The van der Waals surface area contributed by atoms with E-state index in [2.05, 4.69) is 41.5 Å². The van der Waals surface area contributed by atoms with Crippen molar-refractivity contribution >= 4 is 39.5 Å². The maximum Gasteiger partial charge on any atom is 0.472 e. The number of phosphoric acid groups is 2. The first-order valence-corrected chi connectivity index (χ1v) is 52.0. The normalized spacial score (nSPS) is 13.9. The summed E-state index contributed by atoms with van der Waals surface area (Å²) in [6.45, 7) is 9.75. The van der Waals surface area contributed by atoms with Gasteiger partial charge in [0.05, 0.1) is 26.4 Å². The number of unbranched alkanes of at least 4 members (excludes halogenated alkanes) is 63. The van der Waals surface area contributed by atoms with E-state index in [1.165, 1.54) is 334 Å². The molecule has 0 saturated carbocycles. The average Bonchev–Trinajstić information content (AvgIpc) is 0.893. The Bertz CT molecular complexity index is 2170. The largest absolute Gasteiger partial charge is 0.472 e. The highest BCUT2D eigenvalue weighted by molar-refractivity contribution is 7.47. The van der Waals surface area contributed by atoms with Gasteiger partial charge in [-0.05, 0) is 37.5 Å². The van der Waals surface area contributed by atoms with Gasteiger partial charge in [-0.3, -0.25) is 37.3 Å². The predicted octanol–water partition coefficient (Wildman–Crippen LogP) is 29.7. The fourth-order valence-corrected chi connectivity index (χ4v) is 16.6. The van der Waals surface area contributed by atoms with Crippen molar-refractivity contribution in [1.29, 1.82) is 0 Å². The van der Waals surface area contributed by atoms with Gasteiger partial charge in [0.1, 0.15) is 19.3 Å². The number of hydrogen-bond acceptors (Lipinski definition) is 15. The summed E-state index contributed by atoms with van der Waals surface area (Å²) in [5.74, 6) is -0.513. The molecular weight excluding hydrogens is 1470 g/mol. The molecule has 6 atom stereocenters. The Balaban J connectivity index is 5.24. The molecule has 0 fully saturated rings. The summed E-state index contributed by atoms with van der Waals surface area (Å²) in [4.78, 5) is 73.6. The Morgan fingerprint density at radius 2 is 0.447 bits per heavy atom. The molecule has 3 unspecified atom stereocenters. The summed E-state index contributed by atoms with van der Waals surface area (Å²) >= 11 is 0. The predicted molar refractivity (Wildman–Crippen MR) is 474 cm³/mol. The zero-order valence-corrected chi connectivity index (χ0v) is 77.2. The molecule has 0 aromatic rings. The van der Waals surface area contributed by atoms with E-state index in [9.17, 15) is 43.2 Å². The quantitative estimate of drug-likeness (QED) is 0.0222. The summed E-state index contributed by atoms with van der Waals surface area (Å²) in [5, 5.41) is 10.7. The molecule has 0 heterocycles. The first-order chi connectivity index (χ1) is 55.4. The molecule has 678 valence electrons. The van der Waals surface area contributed by atoms with Gasteiger partial charge < -0.3 is 33.8 Å². The van der Waals surface area contributed by atoms with Gasteiger partial charge in [0.2, 0.25) is 0 Å². The zero-order valence-electron chi connectivity index (χ0n) is 75.4. The van der Waals surface area contributed by atoms with E-state index < -0.39 is 97.5 Å². The van der Waals surface area contributed by atoms with Crippen molar-refractivity contribution in [2.75, 3.05) is 39.6 Å². The van der Waals surface area contributed by atoms with Crippen molar-refractivity contribution in [3.05, 3.63) is 0 Å². The number of aliphatic hydroxyl groups excluding tert-OH is 1. The Labute approximate surface area is 702 Å². The van der Waals surface area contributed by atoms with Crippen LogP contribution >= 0.6 is 15.6 Å². The van der Waals surface area contributed by atoms with Crippen LogP contribution < -0.4 is 0 Å². The molecule has 0 aromatic heterocycles. The molecule has 114 heavy (non-hydrogen) atoms. The van der Waals surface area contributed by atoms with Crippen LogP contribution in [0.25, 0.3) is 0 Å². The molecule has 0 bridgehead atoms. The van der Waals surface area contributed by atoms with Crippen LogP contribution in [-0.2, 0) is 65.4 Å². The molecule has 0 radical (unpaired) electrons. The number of aliphatic hydroxyl groups is 1. The van der Waals surface area contributed by atoms with E-state index in [4.69, 9.17) is 37.0 Å². The molecular formula is C95H186O17P2. The summed E-state index contributed by atoms with van der Waals surface area (Å²) in [7, 11) is -9.94. The lowest BCUT2D eigenvalue weighted by atomic mass is 9.99. The summed E-state index contributed by atoms with van der Waals surface area (Å²) in [6.07, 6.45) is 82.2. The van der Waals surface area contributed by atoms with Crippen molar-refractivity contribution < 1.29 is 80.2 Å². The first kappa shape index (κ1) is 112. The van der Waals surface area contributed by atoms with Crippen LogP contribution in [0.5, 0.6) is 0 Å². The minimum atomic E-state index is -4.97. The Hall–Kier alpha value is -1.94. The lowest BCUT2D eigenvalue weighted by Gasteiger charge is -2.21. The van der Waals surface area contributed by atoms with Gasteiger partial charge in [-0.2, -0.15) is 0 Å². The van der Waals surface area contributed by atoms with E-state index >= 15 is 0 Å². The lowest BCUT2D eigenvalue weighted by molar-refractivity contribution is -0.161. The number of carbonyl (C=O) groups excluding carboxylic acids is 4. The number of carbonyl (C=O) groups is 4. The molecule has 17 nitrogen and oxygen atoms in total. The maximum absolute atomic E-state index is 13.2. The fourth-order valence-electron chi connectivity index (χ4n) is 15.0. The number of phosphoric ester groups is 2. The van der Waals surface area contributed by atoms with Crippen LogP contribution in [0.15, 0.2) is 0 Å². The zero-order chi connectivity index (χ0) is 83.4. The second-order valence-corrected chi connectivity index (χ2v) is 37.7. The third kappa shape index (κ3) is 86.4. The van der Waals surface area contributed by atoms with Crippen molar-refractivity contribution in [2.24, 2.45) is 11.8 Å². The van der Waals surface area contributed by atoms with E-state index in [1.54, 1.807) is 0 Å². The highest BCUT2D eigenvalue weighted by Gasteiger charge is 2.31. The van der Waals surface area contributed by atoms with E-state index in [1.807, 2.05) is 0 Å². The van der Waals surface area contributed by atoms with Gasteiger partial charge in [0.25, 0.3) is 0 Å². The number of ether oxygens (including phenoxy) is 4. The van der Waals surface area contributed by atoms with E-state index in [-0.39, 0.29) is 25.7 Å². The molecule has 0 amide bonds. The number of esters is 4. The monoisotopic (exact) mass is 1660 g/mol. The fraction of sp³-hybridized carbons (Fsp3) is 0.958. The third-order valence-electron chi connectivity index (χ3n) is 22.8. The topological polar surface area (TPSA) is 237 Å². The summed E-state index contributed by atoms with van der Waals surface area (Å²) < 4.78 is 69.2. The molecule has 0 spiro atoms. The second kappa shape index (κ2) is 86.0. The first-order valence-electron chi connectivity index (χ1n) is 49.0. The van der Waals surface area contributed by atoms with Gasteiger partial charge in [-0.1, -0.05) is 465 Å². The SMILES string of the molecule is CCCCCCCCCCCCCCCCCCCCCCCCC(=O)OC[C@H](COP(=O)(O)OC[C@@H](O)COP(=O)(O)OC[C@@H](COC(=O)CCCCCCCCCCC(C)CC)OC(=O)CCCCCCCCCCCCCCCCCC(C)C)OC(=O)CCCCCCCCCCCCCCCCCCCCCCCC. The van der Waals surface area contributed by atoms with Gasteiger partial charge in [-0.25, -0.2) is 9.13 Å². The van der Waals surface area contributed by atoms with Crippen LogP contribution in [0.3, 0.4) is 0 Å². The van der Waals surface area contributed by atoms with Crippen LogP contribution in [0.1, 0.15) is 517 Å². The van der Waals surface area contributed by atoms with Crippen LogP contribution in [0.2, 0.25) is 0 Å². The minimum Gasteiger partial charge on any atom is -0.462 e. The van der Waals surface area contributed by atoms with Crippen molar-refractivity contribution in [3.63, 3.8) is 0 Å². The van der Waals surface area contributed by atoms with Gasteiger partial charge in [0.15, 0.2) is 12.2 Å². The second-order valence-electron chi connectivity index (χ2n) is 34.8. The van der Waals surface area contributed by atoms with Crippen LogP contribution in [0.4, 0.5) is 0 Å². The summed E-state index contributed by atoms with van der Waals surface area (Å²) in [6, 6.07) is 0. The molecule has 0 aliphatic heterocycles. The molecule has 0 saturated heterocycles. The number of hydrogen-bond donors (Lipinski definition) is 3. The number of rotatable bonds is 94. The summed E-state index contributed by atoms with van der Waals surface area (Å²) in [5.41, 5.74) is 0. The Kier molecular flexibility index (Phi) is 84.6. The van der Waals surface area contributed by atoms with Crippen LogP contribution in [-0.4, -0.2) is 96.7 Å². The van der Waals surface area contributed by atoms with Gasteiger partial charge in [-0.15, -0.1) is 0 Å². The molecule has 0 aromatic carbocycles. The van der Waals surface area contributed by atoms with Crippen LogP contribution in [0, 0.1) is 11.8 Å². The molecule has 0 aliphatic carbocycles. The smallest absolute Gasteiger partial charge is 0.462 e. The van der Waals surface area contributed by atoms with Gasteiger partial charge in [0, 0.05) is 25.7 Å². The average molecular weight is 1660 g/mol.